The number of alkyl carbamates (subject to hydrolysis) is 1. The van der Waals surface area contributed by atoms with Gasteiger partial charge >= 0.3 is 24.0 Å². The lowest BCUT2D eigenvalue weighted by Gasteiger charge is -2.67. The summed E-state index contributed by atoms with van der Waals surface area (Å²) in [4.78, 5) is 68.2. The highest BCUT2D eigenvalue weighted by Gasteiger charge is 2.78. The number of carbonyl (C=O) groups excluding carboxylic acids is 5. The van der Waals surface area contributed by atoms with Crippen LogP contribution >= 0.6 is 0 Å². The molecule has 1 amide bonds. The Balaban J connectivity index is 1.68. The van der Waals surface area contributed by atoms with Gasteiger partial charge in [0.2, 0.25) is 0 Å². The van der Waals surface area contributed by atoms with Gasteiger partial charge in [-0.15, -0.1) is 0 Å². The normalized spacial score (nSPS) is 35.1. The second-order valence-corrected chi connectivity index (χ2v) is 17.5. The number of benzene rings is 1. The number of Topliss-reactive ketones (excluding diaryl/α,β-unsaturated/α-hetero) is 1. The van der Waals surface area contributed by atoms with Crippen molar-refractivity contribution in [3.05, 3.63) is 47.0 Å². The van der Waals surface area contributed by atoms with Gasteiger partial charge in [-0.05, 0) is 56.4 Å². The molecule has 0 aromatic heterocycles. The van der Waals surface area contributed by atoms with E-state index in [2.05, 4.69) is 5.32 Å². The molecule has 15 heteroatoms. The molecule has 2 saturated carbocycles. The summed E-state index contributed by atoms with van der Waals surface area (Å²) in [7, 11) is 0. The lowest BCUT2D eigenvalue weighted by molar-refractivity contribution is -0.346. The van der Waals surface area contributed by atoms with Crippen LogP contribution in [0.4, 0.5) is 4.79 Å². The van der Waals surface area contributed by atoms with Crippen molar-refractivity contribution in [3.8, 4) is 0 Å². The first-order chi connectivity index (χ1) is 25.3. The third-order valence-corrected chi connectivity index (χ3v) is 12.3. The molecule has 0 spiro atoms. The number of amides is 1. The molecule has 3 fully saturated rings. The number of rotatable bonds is 8. The molecule has 1 saturated heterocycles. The van der Waals surface area contributed by atoms with Gasteiger partial charge in [0.05, 0.1) is 41.8 Å². The van der Waals surface area contributed by atoms with Crippen LogP contribution in [-0.4, -0.2) is 117 Å². The van der Waals surface area contributed by atoms with Crippen LogP contribution in [0.15, 0.2) is 41.5 Å². The summed E-state index contributed by atoms with van der Waals surface area (Å²) in [6.07, 6.45) is -11.7. The molecular formula is C40H55NO14. The molecule has 55 heavy (non-hydrogen) atoms. The molecule has 304 valence electrons. The van der Waals surface area contributed by atoms with Crippen LogP contribution in [-0.2, 0) is 38.1 Å². The van der Waals surface area contributed by atoms with Crippen LogP contribution in [0, 0.1) is 22.2 Å². The minimum absolute atomic E-state index is 0.0503. The summed E-state index contributed by atoms with van der Waals surface area (Å²) in [6.45, 7) is 15.2. The van der Waals surface area contributed by atoms with Gasteiger partial charge in [-0.2, -0.15) is 0 Å². The molecule has 11 atom stereocenters. The summed E-state index contributed by atoms with van der Waals surface area (Å²) in [5.41, 5.74) is -8.35. The first-order valence-corrected chi connectivity index (χ1v) is 18.6. The average Bonchev–Trinajstić information content (AvgIpc) is 3.07. The van der Waals surface area contributed by atoms with Gasteiger partial charge in [-0.1, -0.05) is 52.8 Å². The highest BCUT2D eigenvalue weighted by molar-refractivity contribution is 5.94. The van der Waals surface area contributed by atoms with E-state index < -0.39 is 118 Å². The maximum atomic E-state index is 14.9. The second kappa shape index (κ2) is 14.6. The molecule has 3 aliphatic carbocycles. The molecule has 1 aromatic carbocycles. The van der Waals surface area contributed by atoms with Gasteiger partial charge in [-0.25, -0.2) is 14.4 Å². The Morgan fingerprint density at radius 3 is 2.16 bits per heavy atom. The fourth-order valence-electron chi connectivity index (χ4n) is 9.26. The number of esters is 3. The number of ether oxygens (including phenoxy) is 5. The molecule has 1 aliphatic heterocycles. The molecular weight excluding hydrogens is 718 g/mol. The SMILES string of the molecule is CC(=O)O[C@@]12COC1C[C@H](O)[C@@]1(C)C(=O)[C@H](O)C3=C(C)[C@@H](OC(=O)[C@H](O)[C@@H](NC(=O)OC(C)C)C(C)(C)C)C[C@@](O)([C@@H](OC(=O)c4ccccc4)[C@@H]12)C3(C)C. The van der Waals surface area contributed by atoms with Gasteiger partial charge < -0.3 is 49.4 Å². The Morgan fingerprint density at radius 1 is 1.02 bits per heavy atom. The van der Waals surface area contributed by atoms with Crippen molar-refractivity contribution in [3.63, 3.8) is 0 Å². The molecule has 15 nitrogen and oxygen atoms in total. The van der Waals surface area contributed by atoms with E-state index in [1.807, 2.05) is 0 Å². The highest BCUT2D eigenvalue weighted by atomic mass is 16.6. The van der Waals surface area contributed by atoms with Crippen molar-refractivity contribution < 1.29 is 68.1 Å². The Kier molecular flexibility index (Phi) is 11.2. The Morgan fingerprint density at radius 2 is 1.64 bits per heavy atom. The zero-order chi connectivity index (χ0) is 41.2. The van der Waals surface area contributed by atoms with E-state index in [-0.39, 0.29) is 29.7 Å². The van der Waals surface area contributed by atoms with Crippen LogP contribution in [0.25, 0.3) is 0 Å². The maximum Gasteiger partial charge on any atom is 0.407 e. The Hall–Kier alpha value is -3.89. The van der Waals surface area contributed by atoms with Crippen molar-refractivity contribution >= 4 is 29.8 Å². The summed E-state index contributed by atoms with van der Waals surface area (Å²) in [5.74, 6) is -5.28. The highest BCUT2D eigenvalue weighted by Crippen LogP contribution is 2.64. The van der Waals surface area contributed by atoms with E-state index in [9.17, 15) is 44.4 Å². The van der Waals surface area contributed by atoms with E-state index in [0.717, 1.165) is 6.92 Å². The number of hydrogen-bond donors (Lipinski definition) is 5. The van der Waals surface area contributed by atoms with E-state index in [4.69, 9.17) is 23.7 Å². The van der Waals surface area contributed by atoms with E-state index in [1.165, 1.54) is 26.0 Å². The van der Waals surface area contributed by atoms with Crippen molar-refractivity contribution in [2.75, 3.05) is 6.61 Å². The summed E-state index contributed by atoms with van der Waals surface area (Å²) in [6, 6.07) is 6.65. The number of aliphatic hydroxyl groups is 4. The third-order valence-electron chi connectivity index (χ3n) is 12.3. The predicted octanol–water partition coefficient (Wildman–Crippen LogP) is 2.54. The molecule has 5 rings (SSSR count). The quantitative estimate of drug-likeness (QED) is 0.146. The van der Waals surface area contributed by atoms with E-state index >= 15 is 0 Å². The van der Waals surface area contributed by atoms with Gasteiger partial charge in [0, 0.05) is 25.2 Å². The fourth-order valence-corrected chi connectivity index (χ4v) is 9.26. The van der Waals surface area contributed by atoms with Crippen LogP contribution in [0.1, 0.15) is 92.4 Å². The van der Waals surface area contributed by atoms with E-state index in [1.54, 1.807) is 66.7 Å². The topological polar surface area (TPSA) is 224 Å². The standard InChI is InChI=1S/C40H55NO14/c1-19(2)52-35(49)41-30(36(5,6)7)28(45)34(48)53-23-17-40(50)32(54-33(47)22-14-12-11-13-15-22)29-38(10,31(46)27(44)26(20(23)3)37(40,8)9)24(43)16-25-39(29,18-51-25)55-21(4)42/h11-15,19,23-25,27-30,32,43-45,50H,16-18H2,1-10H3,(H,41,49)/t23-,24-,25?,27+,28+,29-,30+,32-,38+,39-,40+/m0/s1. The molecule has 4 aliphatic rings. The summed E-state index contributed by atoms with van der Waals surface area (Å²) < 4.78 is 29.2. The van der Waals surface area contributed by atoms with Crippen LogP contribution in [0.5, 0.6) is 0 Å². The fraction of sp³-hybridized carbons (Fsp3) is 0.675. The number of nitrogens with one attached hydrogen (secondary N) is 1. The molecule has 1 heterocycles. The number of ketones is 1. The lowest BCUT2D eigenvalue weighted by Crippen LogP contribution is -2.81. The monoisotopic (exact) mass is 773 g/mol. The minimum atomic E-state index is -2.33. The van der Waals surface area contributed by atoms with Crippen molar-refractivity contribution in [1.29, 1.82) is 0 Å². The second-order valence-electron chi connectivity index (χ2n) is 17.5. The smallest absolute Gasteiger partial charge is 0.407 e. The van der Waals surface area contributed by atoms with Crippen LogP contribution in [0.3, 0.4) is 0 Å². The zero-order valence-corrected chi connectivity index (χ0v) is 33.1. The number of hydrogen-bond acceptors (Lipinski definition) is 14. The van der Waals surface area contributed by atoms with E-state index in [0.29, 0.717) is 0 Å². The minimum Gasteiger partial charge on any atom is -0.456 e. The molecule has 1 aromatic rings. The van der Waals surface area contributed by atoms with Gasteiger partial charge in [-0.3, -0.25) is 9.59 Å². The first-order valence-electron chi connectivity index (χ1n) is 18.6. The largest absolute Gasteiger partial charge is 0.456 e. The third kappa shape index (κ3) is 6.96. The summed E-state index contributed by atoms with van der Waals surface area (Å²) >= 11 is 0. The van der Waals surface area contributed by atoms with Gasteiger partial charge in [0.15, 0.2) is 17.5 Å². The average molecular weight is 774 g/mol. The number of carbonyl (C=O) groups is 5. The number of aliphatic hydroxyl groups excluding tert-OH is 3. The van der Waals surface area contributed by atoms with Gasteiger partial charge in [0.25, 0.3) is 0 Å². The van der Waals surface area contributed by atoms with Crippen LogP contribution in [0.2, 0.25) is 0 Å². The Labute approximate surface area is 320 Å². The van der Waals surface area contributed by atoms with Crippen molar-refractivity contribution in [1.82, 2.24) is 5.32 Å². The summed E-state index contributed by atoms with van der Waals surface area (Å²) in [5, 5.41) is 51.2. The van der Waals surface area contributed by atoms with Crippen molar-refractivity contribution in [2.45, 2.75) is 142 Å². The van der Waals surface area contributed by atoms with Crippen molar-refractivity contribution in [2.24, 2.45) is 22.2 Å². The Bertz CT molecular complexity index is 1730. The van der Waals surface area contributed by atoms with Gasteiger partial charge in [0.1, 0.15) is 30.0 Å². The number of fused-ring (bicyclic) bond motifs is 5. The molecule has 1 unspecified atom stereocenters. The molecule has 2 bridgehead atoms. The predicted molar refractivity (Wildman–Crippen MR) is 193 cm³/mol. The lowest BCUT2D eigenvalue weighted by atomic mass is 9.44. The zero-order valence-electron chi connectivity index (χ0n) is 33.1. The maximum absolute atomic E-state index is 14.9. The molecule has 0 radical (unpaired) electrons. The first kappa shape index (κ1) is 42.3. The molecule has 5 N–H and O–H groups in total. The van der Waals surface area contributed by atoms with Crippen LogP contribution < -0.4 is 5.32 Å².